The lowest BCUT2D eigenvalue weighted by Gasteiger charge is -2.27. The van der Waals surface area contributed by atoms with E-state index in [4.69, 9.17) is 9.47 Å². The number of methoxy groups -OCH3 is 1. The van der Waals surface area contributed by atoms with Crippen LogP contribution in [0.15, 0.2) is 66.9 Å². The normalized spacial score (nSPS) is 12.5. The van der Waals surface area contributed by atoms with Gasteiger partial charge in [-0.15, -0.1) is 0 Å². The summed E-state index contributed by atoms with van der Waals surface area (Å²) in [6.45, 7) is 0. The van der Waals surface area contributed by atoms with Crippen molar-refractivity contribution in [3.8, 4) is 17.4 Å². The number of fused-ring (bicyclic) bond motifs is 2. The Kier molecular flexibility index (Phi) is 4.27. The van der Waals surface area contributed by atoms with E-state index in [1.807, 2.05) is 48.5 Å². The third-order valence-electron chi connectivity index (χ3n) is 4.44. The second kappa shape index (κ2) is 6.88. The monoisotopic (exact) mass is 346 g/mol. The summed E-state index contributed by atoms with van der Waals surface area (Å²) in [7, 11) is 1.53. The van der Waals surface area contributed by atoms with Crippen LogP contribution in [-0.4, -0.2) is 18.0 Å². The number of para-hydroxylation sites is 2. The first-order chi connectivity index (χ1) is 12.8. The van der Waals surface area contributed by atoms with Crippen LogP contribution in [0.4, 0.5) is 5.69 Å². The standard InChI is InChI=1S/C21H18N2O3/c1-25-21-17(9-6-12-22-21)23-20(24)13-16-14-7-2-4-10-18(14)26-19-11-5-3-8-15(16)19/h2-12,16H,13H2,1H3,(H,23,24). The Bertz CT molecular complexity index is 910. The van der Waals surface area contributed by atoms with Gasteiger partial charge in [-0.25, -0.2) is 4.98 Å². The van der Waals surface area contributed by atoms with Crippen LogP contribution in [0.5, 0.6) is 17.4 Å². The Morgan fingerprint density at radius 2 is 1.69 bits per heavy atom. The lowest BCUT2D eigenvalue weighted by atomic mass is 9.85. The number of hydrogen-bond acceptors (Lipinski definition) is 4. The summed E-state index contributed by atoms with van der Waals surface area (Å²) in [5, 5.41) is 2.90. The first-order valence-corrected chi connectivity index (χ1v) is 8.41. The van der Waals surface area contributed by atoms with Gasteiger partial charge in [-0.2, -0.15) is 0 Å². The van der Waals surface area contributed by atoms with Gasteiger partial charge >= 0.3 is 0 Å². The van der Waals surface area contributed by atoms with Gasteiger partial charge in [0.15, 0.2) is 0 Å². The number of carbonyl (C=O) groups is 1. The molecule has 5 heteroatoms. The zero-order valence-corrected chi connectivity index (χ0v) is 14.3. The third kappa shape index (κ3) is 2.99. The summed E-state index contributed by atoms with van der Waals surface area (Å²) in [4.78, 5) is 16.8. The average Bonchev–Trinajstić information content (AvgIpc) is 2.68. The highest BCUT2D eigenvalue weighted by Gasteiger charge is 2.28. The molecule has 4 rings (SSSR count). The predicted molar refractivity (Wildman–Crippen MR) is 98.8 cm³/mol. The molecule has 0 bridgehead atoms. The van der Waals surface area contributed by atoms with Gasteiger partial charge in [0.1, 0.15) is 17.2 Å². The quantitative estimate of drug-likeness (QED) is 0.763. The maximum absolute atomic E-state index is 12.7. The Morgan fingerprint density at radius 1 is 1.04 bits per heavy atom. The number of benzene rings is 2. The molecular weight excluding hydrogens is 328 g/mol. The second-order valence-corrected chi connectivity index (χ2v) is 6.04. The molecule has 0 spiro atoms. The highest BCUT2D eigenvalue weighted by molar-refractivity contribution is 5.93. The number of hydrogen-bond donors (Lipinski definition) is 1. The van der Waals surface area contributed by atoms with Crippen LogP contribution >= 0.6 is 0 Å². The molecule has 0 fully saturated rings. The summed E-state index contributed by atoms with van der Waals surface area (Å²) in [5.74, 6) is 1.81. The van der Waals surface area contributed by atoms with Crippen LogP contribution in [0.3, 0.4) is 0 Å². The highest BCUT2D eigenvalue weighted by atomic mass is 16.5. The molecule has 0 atom stereocenters. The van der Waals surface area contributed by atoms with Gasteiger partial charge in [-0.3, -0.25) is 4.79 Å². The smallest absolute Gasteiger partial charge is 0.237 e. The number of amides is 1. The number of rotatable bonds is 4. The molecule has 2 aromatic carbocycles. The number of carbonyl (C=O) groups excluding carboxylic acids is 1. The number of nitrogens with zero attached hydrogens (tertiary/aromatic N) is 1. The van der Waals surface area contributed by atoms with E-state index in [1.165, 1.54) is 7.11 Å². The molecular formula is C21H18N2O3. The van der Waals surface area contributed by atoms with Crippen molar-refractivity contribution in [1.29, 1.82) is 0 Å². The topological polar surface area (TPSA) is 60.5 Å². The van der Waals surface area contributed by atoms with Crippen molar-refractivity contribution in [2.45, 2.75) is 12.3 Å². The molecule has 5 nitrogen and oxygen atoms in total. The van der Waals surface area contributed by atoms with Crippen molar-refractivity contribution in [1.82, 2.24) is 4.98 Å². The molecule has 26 heavy (non-hydrogen) atoms. The van der Waals surface area contributed by atoms with E-state index in [0.29, 0.717) is 18.0 Å². The van der Waals surface area contributed by atoms with Crippen LogP contribution in [-0.2, 0) is 4.79 Å². The molecule has 130 valence electrons. The second-order valence-electron chi connectivity index (χ2n) is 6.04. The number of aromatic nitrogens is 1. The van der Waals surface area contributed by atoms with Gasteiger partial charge in [-0.1, -0.05) is 36.4 Å². The van der Waals surface area contributed by atoms with E-state index in [-0.39, 0.29) is 11.8 Å². The minimum Gasteiger partial charge on any atom is -0.480 e. The van der Waals surface area contributed by atoms with Gasteiger partial charge in [0.2, 0.25) is 11.8 Å². The van der Waals surface area contributed by atoms with Gasteiger partial charge in [0.05, 0.1) is 7.11 Å². The lowest BCUT2D eigenvalue weighted by molar-refractivity contribution is -0.116. The molecule has 2 heterocycles. The van der Waals surface area contributed by atoms with Crippen LogP contribution < -0.4 is 14.8 Å². The first-order valence-electron chi connectivity index (χ1n) is 8.41. The van der Waals surface area contributed by atoms with E-state index >= 15 is 0 Å². The molecule has 0 radical (unpaired) electrons. The van der Waals surface area contributed by atoms with Crippen molar-refractivity contribution in [3.05, 3.63) is 78.0 Å². The van der Waals surface area contributed by atoms with Crippen LogP contribution in [0.2, 0.25) is 0 Å². The Hall–Kier alpha value is -3.34. The molecule has 0 aliphatic carbocycles. The molecule has 0 unspecified atom stereocenters. The van der Waals surface area contributed by atoms with Crippen LogP contribution in [0.25, 0.3) is 0 Å². The number of ether oxygens (including phenoxy) is 2. The largest absolute Gasteiger partial charge is 0.480 e. The predicted octanol–water partition coefficient (Wildman–Crippen LogP) is 4.36. The molecule has 0 saturated carbocycles. The summed E-state index contributed by atoms with van der Waals surface area (Å²) >= 11 is 0. The Morgan fingerprint density at radius 3 is 2.35 bits per heavy atom. The molecule has 1 aliphatic rings. The SMILES string of the molecule is COc1ncccc1NC(=O)CC1c2ccccc2Oc2ccccc21. The van der Waals surface area contributed by atoms with E-state index in [2.05, 4.69) is 10.3 Å². The maximum Gasteiger partial charge on any atom is 0.237 e. The van der Waals surface area contributed by atoms with Crippen LogP contribution in [0.1, 0.15) is 23.5 Å². The molecule has 1 aromatic heterocycles. The van der Waals surface area contributed by atoms with Crippen LogP contribution in [0, 0.1) is 0 Å². The maximum atomic E-state index is 12.7. The molecule has 3 aromatic rings. The fourth-order valence-corrected chi connectivity index (χ4v) is 3.26. The number of nitrogens with one attached hydrogen (secondary N) is 1. The summed E-state index contributed by atoms with van der Waals surface area (Å²) in [6.07, 6.45) is 1.93. The minimum atomic E-state index is -0.104. The molecule has 0 saturated heterocycles. The molecule has 1 aliphatic heterocycles. The summed E-state index contributed by atoms with van der Waals surface area (Å²) < 4.78 is 11.2. The number of anilines is 1. The first kappa shape index (κ1) is 16.1. The fraction of sp³-hybridized carbons (Fsp3) is 0.143. The van der Waals surface area contributed by atoms with Crippen molar-refractivity contribution in [2.75, 3.05) is 12.4 Å². The van der Waals surface area contributed by atoms with Gasteiger partial charge < -0.3 is 14.8 Å². The zero-order chi connectivity index (χ0) is 17.9. The third-order valence-corrected chi connectivity index (χ3v) is 4.44. The van der Waals surface area contributed by atoms with E-state index in [1.54, 1.807) is 18.3 Å². The molecule has 1 N–H and O–H groups in total. The van der Waals surface area contributed by atoms with Gasteiger partial charge in [0, 0.05) is 29.7 Å². The average molecular weight is 346 g/mol. The van der Waals surface area contributed by atoms with Crippen molar-refractivity contribution in [2.24, 2.45) is 0 Å². The summed E-state index contributed by atoms with van der Waals surface area (Å²) in [5.41, 5.74) is 2.59. The Balaban J connectivity index is 1.63. The highest BCUT2D eigenvalue weighted by Crippen LogP contribution is 2.45. The summed E-state index contributed by atoms with van der Waals surface area (Å²) in [6, 6.07) is 19.2. The van der Waals surface area contributed by atoms with E-state index in [9.17, 15) is 4.79 Å². The van der Waals surface area contributed by atoms with Crippen molar-refractivity contribution in [3.63, 3.8) is 0 Å². The Labute approximate surface area is 151 Å². The van der Waals surface area contributed by atoms with Gasteiger partial charge in [-0.05, 0) is 24.3 Å². The zero-order valence-electron chi connectivity index (χ0n) is 14.3. The van der Waals surface area contributed by atoms with Gasteiger partial charge in [0.25, 0.3) is 0 Å². The number of pyridine rings is 1. The van der Waals surface area contributed by atoms with Crippen molar-refractivity contribution >= 4 is 11.6 Å². The fourth-order valence-electron chi connectivity index (χ4n) is 3.26. The van der Waals surface area contributed by atoms with E-state index < -0.39 is 0 Å². The molecule has 1 amide bonds. The van der Waals surface area contributed by atoms with Crippen molar-refractivity contribution < 1.29 is 14.3 Å². The minimum absolute atomic E-state index is 0.0705. The van der Waals surface area contributed by atoms with E-state index in [0.717, 1.165) is 22.6 Å². The lowest BCUT2D eigenvalue weighted by Crippen LogP contribution is -2.19.